The third-order valence-electron chi connectivity index (χ3n) is 4.34. The van der Waals surface area contributed by atoms with Crippen LogP contribution in [0.1, 0.15) is 17.2 Å². The average Bonchev–Trinajstić information content (AvgIpc) is 2.58. The molecule has 1 saturated heterocycles. The van der Waals surface area contributed by atoms with E-state index in [1.54, 1.807) is 7.05 Å². The van der Waals surface area contributed by atoms with Gasteiger partial charge in [-0.2, -0.15) is 13.2 Å². The number of aliphatic imine (C=N–C) groups is 1. The van der Waals surface area contributed by atoms with Gasteiger partial charge in [-0.3, -0.25) is 9.89 Å². The van der Waals surface area contributed by atoms with E-state index in [1.165, 1.54) is 17.5 Å². The Kier molecular flexibility index (Phi) is 7.28. The quantitative estimate of drug-likeness (QED) is 0.637. The van der Waals surface area contributed by atoms with Crippen LogP contribution in [-0.2, 0) is 4.74 Å². The molecule has 0 amide bonds. The van der Waals surface area contributed by atoms with Crippen LogP contribution in [0.2, 0.25) is 0 Å². The van der Waals surface area contributed by atoms with E-state index < -0.39 is 12.7 Å². The maximum atomic E-state index is 12.4. The highest BCUT2D eigenvalue weighted by Gasteiger charge is 2.29. The number of halogens is 3. The molecule has 1 fully saturated rings. The van der Waals surface area contributed by atoms with Gasteiger partial charge in [-0.1, -0.05) is 24.3 Å². The van der Waals surface area contributed by atoms with Crippen molar-refractivity contribution in [2.45, 2.75) is 19.2 Å². The average molecular weight is 372 g/mol. The Hall–Kier alpha value is -1.80. The molecule has 0 aliphatic carbocycles. The Bertz CT molecular complexity index is 606. The van der Waals surface area contributed by atoms with Crippen molar-refractivity contribution >= 4 is 5.96 Å². The SMILES string of the molecule is CN=C(NCCN(C)CC(F)(F)F)N1CCOC(c2ccccc2C)C1. The highest BCUT2D eigenvalue weighted by atomic mass is 19.4. The molecule has 0 spiro atoms. The fourth-order valence-electron chi connectivity index (χ4n) is 3.05. The first-order chi connectivity index (χ1) is 12.3. The van der Waals surface area contributed by atoms with Crippen molar-refractivity contribution < 1.29 is 17.9 Å². The van der Waals surface area contributed by atoms with Crippen molar-refractivity contribution in [1.82, 2.24) is 15.1 Å². The molecule has 1 aromatic rings. The van der Waals surface area contributed by atoms with Crippen molar-refractivity contribution in [3.05, 3.63) is 35.4 Å². The molecule has 1 aliphatic heterocycles. The van der Waals surface area contributed by atoms with Gasteiger partial charge in [0.2, 0.25) is 0 Å². The van der Waals surface area contributed by atoms with Crippen molar-refractivity contribution in [3.8, 4) is 0 Å². The van der Waals surface area contributed by atoms with Crippen LogP contribution in [0.15, 0.2) is 29.3 Å². The first kappa shape index (κ1) is 20.5. The molecule has 0 aromatic heterocycles. The minimum atomic E-state index is -4.18. The van der Waals surface area contributed by atoms with E-state index in [0.29, 0.717) is 32.2 Å². The summed E-state index contributed by atoms with van der Waals surface area (Å²) in [5.74, 6) is 0.687. The standard InChI is InChI=1S/C18H27F3N4O/c1-14-6-4-5-7-15(14)16-12-25(10-11-26-16)17(22-2)23-8-9-24(3)13-18(19,20)21/h4-7,16H,8-13H2,1-3H3,(H,22,23). The molecule has 1 heterocycles. The number of nitrogens with zero attached hydrogens (tertiary/aromatic N) is 3. The molecular weight excluding hydrogens is 345 g/mol. The van der Waals surface area contributed by atoms with Gasteiger partial charge in [-0.15, -0.1) is 0 Å². The molecule has 1 aliphatic rings. The van der Waals surface area contributed by atoms with E-state index in [9.17, 15) is 13.2 Å². The fourth-order valence-corrected chi connectivity index (χ4v) is 3.05. The number of alkyl halides is 3. The van der Waals surface area contributed by atoms with Crippen molar-refractivity contribution in [2.75, 3.05) is 53.4 Å². The summed E-state index contributed by atoms with van der Waals surface area (Å²) in [6.07, 6.45) is -4.22. The van der Waals surface area contributed by atoms with Gasteiger partial charge >= 0.3 is 6.18 Å². The minimum Gasteiger partial charge on any atom is -0.370 e. The van der Waals surface area contributed by atoms with Crippen LogP contribution >= 0.6 is 0 Å². The predicted molar refractivity (Wildman–Crippen MR) is 96.4 cm³/mol. The molecule has 2 rings (SSSR count). The van der Waals surface area contributed by atoms with Crippen LogP contribution in [0, 0.1) is 6.92 Å². The highest BCUT2D eigenvalue weighted by Crippen LogP contribution is 2.24. The van der Waals surface area contributed by atoms with Crippen LogP contribution < -0.4 is 5.32 Å². The van der Waals surface area contributed by atoms with Gasteiger partial charge in [0, 0.05) is 26.7 Å². The van der Waals surface area contributed by atoms with E-state index in [2.05, 4.69) is 34.3 Å². The van der Waals surface area contributed by atoms with Gasteiger partial charge in [0.1, 0.15) is 6.10 Å². The molecule has 146 valence electrons. The smallest absolute Gasteiger partial charge is 0.370 e. The molecule has 8 heteroatoms. The molecule has 0 saturated carbocycles. The second kappa shape index (κ2) is 9.23. The Labute approximate surface area is 152 Å². The molecule has 0 bridgehead atoms. The lowest BCUT2D eigenvalue weighted by Gasteiger charge is -2.36. The summed E-state index contributed by atoms with van der Waals surface area (Å²) in [4.78, 5) is 7.60. The molecule has 1 aromatic carbocycles. The second-order valence-electron chi connectivity index (χ2n) is 6.49. The summed E-state index contributed by atoms with van der Waals surface area (Å²) in [5.41, 5.74) is 2.33. The number of aryl methyl sites for hydroxylation is 1. The zero-order valence-electron chi connectivity index (χ0n) is 15.5. The topological polar surface area (TPSA) is 40.1 Å². The van der Waals surface area contributed by atoms with Crippen LogP contribution in [0.3, 0.4) is 0 Å². The maximum absolute atomic E-state index is 12.4. The number of morpholine rings is 1. The number of ether oxygens (including phenoxy) is 1. The minimum absolute atomic E-state index is 0.0450. The molecule has 1 atom stereocenters. The highest BCUT2D eigenvalue weighted by molar-refractivity contribution is 5.80. The van der Waals surface area contributed by atoms with Crippen LogP contribution in [0.25, 0.3) is 0 Å². The molecular formula is C18H27F3N4O. The van der Waals surface area contributed by atoms with Gasteiger partial charge in [0.15, 0.2) is 5.96 Å². The van der Waals surface area contributed by atoms with E-state index in [4.69, 9.17) is 4.74 Å². The van der Waals surface area contributed by atoms with Gasteiger partial charge in [0.05, 0.1) is 19.7 Å². The molecule has 1 N–H and O–H groups in total. The third-order valence-corrected chi connectivity index (χ3v) is 4.34. The van der Waals surface area contributed by atoms with Crippen molar-refractivity contribution in [1.29, 1.82) is 0 Å². The van der Waals surface area contributed by atoms with Crippen LogP contribution in [-0.4, -0.2) is 75.4 Å². The van der Waals surface area contributed by atoms with Crippen LogP contribution in [0.5, 0.6) is 0 Å². The summed E-state index contributed by atoms with van der Waals surface area (Å²) < 4.78 is 43.0. The molecule has 5 nitrogen and oxygen atoms in total. The second-order valence-corrected chi connectivity index (χ2v) is 6.49. The summed E-state index contributed by atoms with van der Waals surface area (Å²) in [6, 6.07) is 8.11. The van der Waals surface area contributed by atoms with Crippen molar-refractivity contribution in [3.63, 3.8) is 0 Å². The monoisotopic (exact) mass is 372 g/mol. The molecule has 1 unspecified atom stereocenters. The number of rotatable bonds is 5. The first-order valence-corrected chi connectivity index (χ1v) is 8.68. The Morgan fingerprint density at radius 3 is 2.77 bits per heavy atom. The van der Waals surface area contributed by atoms with Gasteiger partial charge in [0.25, 0.3) is 0 Å². The number of guanidine groups is 1. The maximum Gasteiger partial charge on any atom is 0.401 e. The summed E-state index contributed by atoms with van der Waals surface area (Å²) in [5, 5.41) is 3.15. The number of benzene rings is 1. The summed E-state index contributed by atoms with van der Waals surface area (Å²) >= 11 is 0. The number of hydrogen-bond donors (Lipinski definition) is 1. The first-order valence-electron chi connectivity index (χ1n) is 8.68. The number of nitrogens with one attached hydrogen (secondary N) is 1. The Balaban J connectivity index is 1.88. The predicted octanol–water partition coefficient (Wildman–Crippen LogP) is 2.44. The lowest BCUT2D eigenvalue weighted by molar-refractivity contribution is -0.142. The third kappa shape index (κ3) is 6.17. The lowest BCUT2D eigenvalue weighted by atomic mass is 10.0. The number of hydrogen-bond acceptors (Lipinski definition) is 3. The molecule has 26 heavy (non-hydrogen) atoms. The normalized spacial score (nSPS) is 19.1. The van der Waals surface area contributed by atoms with Crippen molar-refractivity contribution in [2.24, 2.45) is 4.99 Å². The van der Waals surface area contributed by atoms with E-state index >= 15 is 0 Å². The van der Waals surface area contributed by atoms with Crippen LogP contribution in [0.4, 0.5) is 13.2 Å². The summed E-state index contributed by atoms with van der Waals surface area (Å²) in [6.45, 7) is 3.74. The largest absolute Gasteiger partial charge is 0.401 e. The van der Waals surface area contributed by atoms with E-state index in [0.717, 1.165) is 5.56 Å². The van der Waals surface area contributed by atoms with Gasteiger partial charge < -0.3 is 15.0 Å². The fraction of sp³-hybridized carbons (Fsp3) is 0.611. The van der Waals surface area contributed by atoms with E-state index in [1.807, 2.05) is 12.1 Å². The zero-order valence-corrected chi connectivity index (χ0v) is 15.5. The number of likely N-dealkylation sites (N-methyl/N-ethyl adjacent to an activating group) is 1. The zero-order chi connectivity index (χ0) is 19.2. The Morgan fingerprint density at radius 2 is 2.12 bits per heavy atom. The van der Waals surface area contributed by atoms with E-state index in [-0.39, 0.29) is 12.6 Å². The molecule has 0 radical (unpaired) electrons. The summed E-state index contributed by atoms with van der Waals surface area (Å²) in [7, 11) is 3.14. The van der Waals surface area contributed by atoms with Gasteiger partial charge in [-0.05, 0) is 25.1 Å². The van der Waals surface area contributed by atoms with Gasteiger partial charge in [-0.25, -0.2) is 0 Å². The Morgan fingerprint density at radius 1 is 1.38 bits per heavy atom. The lowest BCUT2D eigenvalue weighted by Crippen LogP contribution is -2.49.